The summed E-state index contributed by atoms with van der Waals surface area (Å²) in [6, 6.07) is 0. The van der Waals surface area contributed by atoms with E-state index in [1.807, 2.05) is 4.90 Å². The summed E-state index contributed by atoms with van der Waals surface area (Å²) in [7, 11) is 0. The maximum atomic E-state index is 13.1. The van der Waals surface area contributed by atoms with Gasteiger partial charge in [-0.15, -0.1) is 0 Å². The number of hydrogen-bond donors (Lipinski definition) is 3. The highest BCUT2D eigenvalue weighted by Gasteiger charge is 2.56. The zero-order valence-corrected chi connectivity index (χ0v) is 16.0. The summed E-state index contributed by atoms with van der Waals surface area (Å²) in [5.74, 6) is 0.506. The molecule has 27 heavy (non-hydrogen) atoms. The molecule has 1 aromatic rings. The predicted molar refractivity (Wildman–Crippen MR) is 101 cm³/mol. The Morgan fingerprint density at radius 1 is 1.33 bits per heavy atom. The van der Waals surface area contributed by atoms with Gasteiger partial charge in [0, 0.05) is 37.4 Å². The maximum Gasteiger partial charge on any atom is 0.257 e. The minimum absolute atomic E-state index is 0.0695. The number of nitrogens with zero attached hydrogens (tertiary/aromatic N) is 2. The van der Waals surface area contributed by atoms with Crippen LogP contribution in [0, 0.1) is 5.41 Å². The normalized spacial score (nSPS) is 28.3. The molecule has 1 amide bonds. The Balaban J connectivity index is 1.40. The molecule has 0 bridgehead atoms. The van der Waals surface area contributed by atoms with Crippen LogP contribution in [-0.2, 0) is 4.74 Å². The summed E-state index contributed by atoms with van der Waals surface area (Å²) < 4.78 is 5.85. The van der Waals surface area contributed by atoms with Gasteiger partial charge in [-0.1, -0.05) is 19.3 Å². The molecule has 7 heteroatoms. The number of rotatable bonds is 5. The lowest BCUT2D eigenvalue weighted by Gasteiger charge is -2.56. The number of amides is 1. The fraction of sp³-hybridized carbons (Fsp3) is 0.800. The summed E-state index contributed by atoms with van der Waals surface area (Å²) in [4.78, 5) is 15.1. The Morgan fingerprint density at radius 3 is 2.74 bits per heavy atom. The Bertz CT molecular complexity index is 647. The average molecular weight is 377 g/mol. The Labute approximate surface area is 160 Å². The van der Waals surface area contributed by atoms with Crippen molar-refractivity contribution in [3.05, 3.63) is 17.5 Å². The largest absolute Gasteiger partial charge is 0.392 e. The molecule has 7 nitrogen and oxygen atoms in total. The first-order valence-corrected chi connectivity index (χ1v) is 10.5. The van der Waals surface area contributed by atoms with E-state index < -0.39 is 0 Å². The van der Waals surface area contributed by atoms with Gasteiger partial charge in [0.05, 0.1) is 36.3 Å². The van der Waals surface area contributed by atoms with Crippen LogP contribution in [0.5, 0.6) is 0 Å². The van der Waals surface area contributed by atoms with Crippen LogP contribution in [0.25, 0.3) is 0 Å². The first-order valence-electron chi connectivity index (χ1n) is 10.5. The number of nitrogens with one attached hydrogen (secondary N) is 1. The van der Waals surface area contributed by atoms with Gasteiger partial charge >= 0.3 is 0 Å². The van der Waals surface area contributed by atoms with Crippen LogP contribution >= 0.6 is 0 Å². The molecule has 2 aliphatic carbocycles. The Morgan fingerprint density at radius 2 is 2.07 bits per heavy atom. The molecule has 3 fully saturated rings. The van der Waals surface area contributed by atoms with Crippen molar-refractivity contribution < 1.29 is 14.6 Å². The highest BCUT2D eigenvalue weighted by molar-refractivity contribution is 5.95. The van der Waals surface area contributed by atoms with Gasteiger partial charge in [0.25, 0.3) is 5.91 Å². The lowest BCUT2D eigenvalue weighted by Crippen LogP contribution is -2.63. The molecular formula is C20H32N4O3. The average Bonchev–Trinajstić information content (AvgIpc) is 3.21. The van der Waals surface area contributed by atoms with Gasteiger partial charge in [-0.2, -0.15) is 5.10 Å². The topological polar surface area (TPSA) is 104 Å². The van der Waals surface area contributed by atoms with Crippen LogP contribution < -0.4 is 5.73 Å². The van der Waals surface area contributed by atoms with Gasteiger partial charge in [-0.3, -0.25) is 9.89 Å². The van der Waals surface area contributed by atoms with E-state index >= 15 is 0 Å². The summed E-state index contributed by atoms with van der Waals surface area (Å²) in [5, 5.41) is 17.7. The van der Waals surface area contributed by atoms with Gasteiger partial charge < -0.3 is 20.5 Å². The minimum Gasteiger partial charge on any atom is -0.392 e. The van der Waals surface area contributed by atoms with Crippen molar-refractivity contribution in [2.75, 3.05) is 26.2 Å². The number of ether oxygens (including phenoxy) is 1. The molecule has 0 aromatic carbocycles. The van der Waals surface area contributed by atoms with E-state index in [4.69, 9.17) is 10.5 Å². The number of aliphatic hydroxyl groups excluding tert-OH is 1. The lowest BCUT2D eigenvalue weighted by molar-refractivity contribution is -0.207. The van der Waals surface area contributed by atoms with Gasteiger partial charge in [0.15, 0.2) is 0 Å². The quantitative estimate of drug-likeness (QED) is 0.727. The number of aliphatic hydroxyl groups is 1. The van der Waals surface area contributed by atoms with Crippen LogP contribution in [0.2, 0.25) is 0 Å². The number of carbonyl (C=O) groups excluding carboxylic acids is 1. The fourth-order valence-electron chi connectivity index (χ4n) is 5.29. The van der Waals surface area contributed by atoms with Crippen molar-refractivity contribution in [2.24, 2.45) is 11.1 Å². The number of aromatic nitrogens is 2. The van der Waals surface area contributed by atoms with Crippen LogP contribution in [-0.4, -0.2) is 64.6 Å². The first-order chi connectivity index (χ1) is 13.2. The van der Waals surface area contributed by atoms with E-state index in [2.05, 4.69) is 10.2 Å². The third-order valence-corrected chi connectivity index (χ3v) is 7.07. The standard InChI is InChI=1S/C20H32N4O3/c21-8-11-27-17-12-16(25)20(17)6-9-24(10-7-20)19(26)15-13-22-23-18(15)14-4-2-1-3-5-14/h13-14,16-17,25H,1-12,21H2,(H,22,23)/t16-,17+/m1/s1. The zero-order chi connectivity index (χ0) is 18.9. The second-order valence-electron chi connectivity index (χ2n) is 8.46. The van der Waals surface area contributed by atoms with Crippen molar-refractivity contribution in [1.29, 1.82) is 0 Å². The van der Waals surface area contributed by atoms with Crippen LogP contribution in [0.3, 0.4) is 0 Å². The monoisotopic (exact) mass is 376 g/mol. The molecular weight excluding hydrogens is 344 g/mol. The number of nitrogens with two attached hydrogens (primary N) is 1. The second kappa shape index (κ2) is 7.89. The van der Waals surface area contributed by atoms with Crippen molar-refractivity contribution in [3.8, 4) is 0 Å². The molecule has 0 unspecified atom stereocenters. The van der Waals surface area contributed by atoms with Crippen molar-refractivity contribution in [1.82, 2.24) is 15.1 Å². The molecule has 1 aromatic heterocycles. The highest BCUT2D eigenvalue weighted by atomic mass is 16.5. The van der Waals surface area contributed by atoms with Crippen molar-refractivity contribution >= 4 is 5.91 Å². The number of likely N-dealkylation sites (tertiary alicyclic amines) is 1. The number of H-pyrrole nitrogens is 1. The van der Waals surface area contributed by atoms with Crippen molar-refractivity contribution in [3.63, 3.8) is 0 Å². The van der Waals surface area contributed by atoms with Crippen LogP contribution in [0.4, 0.5) is 0 Å². The number of piperidine rings is 1. The lowest BCUT2D eigenvalue weighted by atomic mass is 9.58. The van der Waals surface area contributed by atoms with Gasteiger partial charge in [0.1, 0.15) is 0 Å². The SMILES string of the molecule is NCCO[C@H]1C[C@@H](O)C12CCN(C(=O)c1cn[nH]c1C1CCCCC1)CC2. The molecule has 1 spiro atoms. The molecule has 1 saturated heterocycles. The molecule has 3 aliphatic rings. The number of aromatic amines is 1. The van der Waals surface area contributed by atoms with Crippen LogP contribution in [0.15, 0.2) is 6.20 Å². The third kappa shape index (κ3) is 3.41. The molecule has 2 saturated carbocycles. The Kier molecular flexibility index (Phi) is 5.53. The molecule has 0 radical (unpaired) electrons. The zero-order valence-electron chi connectivity index (χ0n) is 16.0. The number of carbonyl (C=O) groups is 1. The molecule has 150 valence electrons. The van der Waals surface area contributed by atoms with E-state index in [1.165, 1.54) is 19.3 Å². The summed E-state index contributed by atoms with van der Waals surface area (Å²) in [6.45, 7) is 2.35. The van der Waals surface area contributed by atoms with E-state index in [0.29, 0.717) is 38.6 Å². The van der Waals surface area contributed by atoms with Gasteiger partial charge in [-0.25, -0.2) is 0 Å². The highest BCUT2D eigenvalue weighted by Crippen LogP contribution is 2.51. The van der Waals surface area contributed by atoms with Gasteiger partial charge in [-0.05, 0) is 25.7 Å². The predicted octanol–water partition coefficient (Wildman–Crippen LogP) is 1.79. The Hall–Kier alpha value is -1.44. The summed E-state index contributed by atoms with van der Waals surface area (Å²) >= 11 is 0. The summed E-state index contributed by atoms with van der Waals surface area (Å²) in [5.41, 5.74) is 7.11. The molecule has 4 N–H and O–H groups in total. The van der Waals surface area contributed by atoms with E-state index in [-0.39, 0.29) is 23.5 Å². The number of hydrogen-bond acceptors (Lipinski definition) is 5. The van der Waals surface area contributed by atoms with E-state index in [1.54, 1.807) is 6.20 Å². The molecule has 2 atom stereocenters. The third-order valence-electron chi connectivity index (χ3n) is 7.07. The minimum atomic E-state index is -0.329. The van der Waals surface area contributed by atoms with E-state index in [9.17, 15) is 9.90 Å². The molecule has 4 rings (SSSR count). The smallest absolute Gasteiger partial charge is 0.257 e. The van der Waals surface area contributed by atoms with E-state index in [0.717, 1.165) is 36.9 Å². The fourth-order valence-corrected chi connectivity index (χ4v) is 5.29. The van der Waals surface area contributed by atoms with Crippen LogP contribution in [0.1, 0.15) is 73.3 Å². The second-order valence-corrected chi connectivity index (χ2v) is 8.46. The first kappa shape index (κ1) is 18.9. The summed E-state index contributed by atoms with van der Waals surface area (Å²) in [6.07, 6.45) is 9.70. The van der Waals surface area contributed by atoms with Gasteiger partial charge in [0.2, 0.25) is 0 Å². The maximum absolute atomic E-state index is 13.1. The van der Waals surface area contributed by atoms with Crippen molar-refractivity contribution in [2.45, 2.75) is 69.5 Å². The molecule has 2 heterocycles. The molecule has 1 aliphatic heterocycles.